The number of hydrogen-bond donors (Lipinski definition) is 2. The molecule has 33 heavy (non-hydrogen) atoms. The van der Waals surface area contributed by atoms with Gasteiger partial charge in [-0.1, -0.05) is 23.9 Å². The summed E-state index contributed by atoms with van der Waals surface area (Å²) in [6, 6.07) is 14.8. The molecule has 5 rings (SSSR count). The standard InChI is InChI=1S/C25H24N4O2S2/c1-31-18-12-10-17(11-13-18)27-23(30)16-8-6-15(7-9-16)14-32-25-28-22(26)21-19-4-2-3-5-20(19)33-24(21)29-25/h6-13H,2-5,14H2,1H3,(H,27,30)(H2,26,28,29). The fourth-order valence-electron chi connectivity index (χ4n) is 4.01. The van der Waals surface area contributed by atoms with E-state index < -0.39 is 0 Å². The number of thioether (sulfide) groups is 1. The summed E-state index contributed by atoms with van der Waals surface area (Å²) in [6.07, 6.45) is 4.65. The Kier molecular flexibility index (Phi) is 6.20. The molecule has 2 aromatic heterocycles. The van der Waals surface area contributed by atoms with Gasteiger partial charge in [0.15, 0.2) is 5.16 Å². The number of nitrogens with zero attached hydrogens (tertiary/aromatic N) is 2. The van der Waals surface area contributed by atoms with Crippen molar-refractivity contribution < 1.29 is 9.53 Å². The monoisotopic (exact) mass is 476 g/mol. The SMILES string of the molecule is COc1ccc(NC(=O)c2ccc(CSc3nc(N)c4c5c(sc4n3)CCCC5)cc2)cc1. The summed E-state index contributed by atoms with van der Waals surface area (Å²) < 4.78 is 5.14. The van der Waals surface area contributed by atoms with Crippen LogP contribution in [0.5, 0.6) is 5.75 Å². The fourth-order valence-corrected chi connectivity index (χ4v) is 6.14. The van der Waals surface area contributed by atoms with Crippen molar-refractivity contribution in [3.05, 3.63) is 70.1 Å². The highest BCUT2D eigenvalue weighted by atomic mass is 32.2. The van der Waals surface area contributed by atoms with Gasteiger partial charge in [0.25, 0.3) is 5.91 Å². The largest absolute Gasteiger partial charge is 0.497 e. The van der Waals surface area contributed by atoms with Crippen molar-refractivity contribution in [3.63, 3.8) is 0 Å². The highest BCUT2D eigenvalue weighted by Crippen LogP contribution is 2.38. The van der Waals surface area contributed by atoms with E-state index in [0.29, 0.717) is 22.3 Å². The van der Waals surface area contributed by atoms with Crippen molar-refractivity contribution in [2.24, 2.45) is 0 Å². The summed E-state index contributed by atoms with van der Waals surface area (Å²) in [7, 11) is 1.61. The van der Waals surface area contributed by atoms with E-state index in [9.17, 15) is 4.79 Å². The Morgan fingerprint density at radius 2 is 1.85 bits per heavy atom. The van der Waals surface area contributed by atoms with E-state index in [-0.39, 0.29) is 5.91 Å². The normalized spacial score (nSPS) is 13.0. The lowest BCUT2D eigenvalue weighted by Gasteiger charge is -2.10. The first kappa shape index (κ1) is 21.7. The summed E-state index contributed by atoms with van der Waals surface area (Å²) in [5.41, 5.74) is 10.1. The topological polar surface area (TPSA) is 90.1 Å². The molecular weight excluding hydrogens is 452 g/mol. The number of hydrogen-bond acceptors (Lipinski definition) is 7. The first-order chi connectivity index (χ1) is 16.1. The lowest BCUT2D eigenvalue weighted by atomic mass is 9.97. The second-order valence-electron chi connectivity index (χ2n) is 7.95. The number of ether oxygens (including phenoxy) is 1. The maximum Gasteiger partial charge on any atom is 0.255 e. The van der Waals surface area contributed by atoms with Crippen molar-refractivity contribution in [3.8, 4) is 5.75 Å². The second-order valence-corrected chi connectivity index (χ2v) is 9.98. The number of methoxy groups -OCH3 is 1. The van der Waals surface area contributed by atoms with Crippen LogP contribution in [0.3, 0.4) is 0 Å². The van der Waals surface area contributed by atoms with Gasteiger partial charge in [0.05, 0.1) is 12.5 Å². The molecule has 0 aliphatic heterocycles. The zero-order valence-corrected chi connectivity index (χ0v) is 19.9. The van der Waals surface area contributed by atoms with Crippen LogP contribution in [0.25, 0.3) is 10.2 Å². The minimum Gasteiger partial charge on any atom is -0.497 e. The summed E-state index contributed by atoms with van der Waals surface area (Å²) in [5, 5.41) is 4.65. The summed E-state index contributed by atoms with van der Waals surface area (Å²) in [4.78, 5) is 24.3. The molecule has 0 saturated carbocycles. The Morgan fingerprint density at radius 3 is 2.61 bits per heavy atom. The van der Waals surface area contributed by atoms with Gasteiger partial charge in [-0.25, -0.2) is 9.97 Å². The average Bonchev–Trinajstić information content (AvgIpc) is 3.22. The van der Waals surface area contributed by atoms with Crippen LogP contribution in [0.15, 0.2) is 53.7 Å². The lowest BCUT2D eigenvalue weighted by molar-refractivity contribution is 0.102. The molecule has 0 fully saturated rings. The number of thiophene rings is 1. The third kappa shape index (κ3) is 4.67. The van der Waals surface area contributed by atoms with Crippen molar-refractivity contribution in [2.75, 3.05) is 18.2 Å². The second kappa shape index (κ2) is 9.41. The molecule has 2 heterocycles. The fraction of sp³-hybridized carbons (Fsp3) is 0.240. The lowest BCUT2D eigenvalue weighted by Crippen LogP contribution is -2.11. The van der Waals surface area contributed by atoms with Gasteiger partial charge in [-0.05, 0) is 73.2 Å². The van der Waals surface area contributed by atoms with Crippen LogP contribution in [0.1, 0.15) is 39.2 Å². The van der Waals surface area contributed by atoms with Gasteiger partial charge < -0.3 is 15.8 Å². The predicted octanol–water partition coefficient (Wildman–Crippen LogP) is 5.71. The number of carbonyl (C=O) groups is 1. The number of nitrogens with one attached hydrogen (secondary N) is 1. The molecule has 1 aliphatic carbocycles. The number of nitrogens with two attached hydrogens (primary N) is 1. The molecule has 1 amide bonds. The van der Waals surface area contributed by atoms with Crippen molar-refractivity contribution in [1.82, 2.24) is 9.97 Å². The first-order valence-electron chi connectivity index (χ1n) is 10.9. The van der Waals surface area contributed by atoms with Gasteiger partial charge in [-0.15, -0.1) is 11.3 Å². The van der Waals surface area contributed by atoms with Crippen LogP contribution < -0.4 is 15.8 Å². The molecule has 168 valence electrons. The molecule has 0 saturated heterocycles. The molecule has 3 N–H and O–H groups in total. The first-order valence-corrected chi connectivity index (χ1v) is 12.7. The van der Waals surface area contributed by atoms with E-state index in [1.807, 2.05) is 48.5 Å². The number of anilines is 2. The van der Waals surface area contributed by atoms with Crippen molar-refractivity contribution in [2.45, 2.75) is 36.6 Å². The van der Waals surface area contributed by atoms with Crippen LogP contribution in [0.4, 0.5) is 11.5 Å². The Bertz CT molecular complexity index is 1300. The third-order valence-electron chi connectivity index (χ3n) is 5.75. The highest BCUT2D eigenvalue weighted by Gasteiger charge is 2.20. The van der Waals surface area contributed by atoms with Gasteiger partial charge in [0, 0.05) is 21.9 Å². The van der Waals surface area contributed by atoms with Crippen LogP contribution in [0, 0.1) is 0 Å². The molecule has 1 aliphatic rings. The number of aromatic nitrogens is 2. The minimum atomic E-state index is -0.150. The number of fused-ring (bicyclic) bond motifs is 3. The Hall–Kier alpha value is -3.10. The molecule has 0 spiro atoms. The average molecular weight is 477 g/mol. The van der Waals surface area contributed by atoms with E-state index in [2.05, 4.69) is 10.3 Å². The number of aryl methyl sites for hydroxylation is 2. The quantitative estimate of drug-likeness (QED) is 0.274. The minimum absolute atomic E-state index is 0.150. The maximum absolute atomic E-state index is 12.5. The molecule has 8 heteroatoms. The zero-order chi connectivity index (χ0) is 22.8. The van der Waals surface area contributed by atoms with E-state index in [4.69, 9.17) is 15.5 Å². The predicted molar refractivity (Wildman–Crippen MR) is 135 cm³/mol. The third-order valence-corrected chi connectivity index (χ3v) is 7.86. The van der Waals surface area contributed by atoms with Crippen molar-refractivity contribution >= 4 is 50.7 Å². The van der Waals surface area contributed by atoms with Crippen LogP contribution in [-0.2, 0) is 18.6 Å². The number of carbonyl (C=O) groups excluding carboxylic acids is 1. The van der Waals surface area contributed by atoms with Gasteiger partial charge in [-0.3, -0.25) is 4.79 Å². The molecule has 4 aromatic rings. The number of amides is 1. The Morgan fingerprint density at radius 1 is 1.09 bits per heavy atom. The van der Waals surface area contributed by atoms with Gasteiger partial charge >= 0.3 is 0 Å². The molecule has 6 nitrogen and oxygen atoms in total. The van der Waals surface area contributed by atoms with E-state index in [0.717, 1.165) is 40.1 Å². The van der Waals surface area contributed by atoms with Gasteiger partial charge in [-0.2, -0.15) is 0 Å². The summed E-state index contributed by atoms with van der Waals surface area (Å²) in [6.45, 7) is 0. The Labute approximate surface area is 200 Å². The van der Waals surface area contributed by atoms with Gasteiger partial charge in [0.1, 0.15) is 16.4 Å². The number of benzene rings is 2. The number of nitrogen functional groups attached to an aromatic ring is 1. The van der Waals surface area contributed by atoms with Crippen molar-refractivity contribution in [1.29, 1.82) is 0 Å². The summed E-state index contributed by atoms with van der Waals surface area (Å²) in [5.74, 6) is 1.89. The molecule has 0 radical (unpaired) electrons. The molecule has 0 bridgehead atoms. The molecular formula is C25H24N4O2S2. The van der Waals surface area contributed by atoms with Gasteiger partial charge in [0.2, 0.25) is 0 Å². The zero-order valence-electron chi connectivity index (χ0n) is 18.3. The maximum atomic E-state index is 12.5. The molecule has 0 atom stereocenters. The van der Waals surface area contributed by atoms with Crippen LogP contribution in [0.2, 0.25) is 0 Å². The molecule has 0 unspecified atom stereocenters. The number of rotatable bonds is 6. The van der Waals surface area contributed by atoms with Crippen LogP contribution in [-0.4, -0.2) is 23.0 Å². The van der Waals surface area contributed by atoms with E-state index in [1.54, 1.807) is 30.2 Å². The van der Waals surface area contributed by atoms with E-state index in [1.165, 1.54) is 23.3 Å². The Balaban J connectivity index is 1.24. The van der Waals surface area contributed by atoms with E-state index >= 15 is 0 Å². The molecule has 2 aromatic carbocycles. The van der Waals surface area contributed by atoms with Crippen LogP contribution >= 0.6 is 23.1 Å². The smallest absolute Gasteiger partial charge is 0.255 e. The highest BCUT2D eigenvalue weighted by molar-refractivity contribution is 7.98. The summed E-state index contributed by atoms with van der Waals surface area (Å²) >= 11 is 3.32.